The molecule has 0 saturated carbocycles. The second kappa shape index (κ2) is 17.5. The molecule has 0 unspecified atom stereocenters. The third kappa shape index (κ3) is 9.92. The van der Waals surface area contributed by atoms with Gasteiger partial charge in [0.25, 0.3) is 5.69 Å². The number of aliphatic hydroxyl groups excluding tert-OH is 1. The Balaban J connectivity index is 1.80. The van der Waals surface area contributed by atoms with Gasteiger partial charge in [-0.2, -0.15) is 0 Å². The van der Waals surface area contributed by atoms with Crippen molar-refractivity contribution in [3.05, 3.63) is 39.9 Å². The Morgan fingerprint density at radius 2 is 1.60 bits per heavy atom. The standard InChI is InChI=1S/C38H56N2O15/c1-11-27-38(8)32(54-36(45)55-38)23(6)34(44)49-20(3)18-37(7,46)31(53-35-29(42)26(39(9)10)16-19(2)50-35)21(4)30(22(5)33(43)51-27)52-28(41)17-24-12-14-25(15-13-24)40(47)48/h12-15,19-23,26-27,29-32,35,42,46H,11,16-18H2,1-10H3/t19-,20-,21+,22-,23-,26+,27-,29-,30+,31-,32-,35+,37-,38-/m1/s1. The Morgan fingerprint density at radius 1 is 0.982 bits per heavy atom. The van der Waals surface area contributed by atoms with Crippen molar-refractivity contribution < 1.29 is 67.5 Å². The van der Waals surface area contributed by atoms with Crippen LogP contribution < -0.4 is 0 Å². The molecule has 0 bridgehead atoms. The maximum Gasteiger partial charge on any atom is 0.509 e. The van der Waals surface area contributed by atoms with Crippen LogP contribution >= 0.6 is 0 Å². The molecule has 2 N–H and O–H groups in total. The van der Waals surface area contributed by atoms with Crippen LogP contribution in [-0.2, 0) is 54.0 Å². The van der Waals surface area contributed by atoms with E-state index in [1.807, 2.05) is 11.8 Å². The Morgan fingerprint density at radius 3 is 2.18 bits per heavy atom. The Bertz CT molecular complexity index is 1550. The lowest BCUT2D eigenvalue weighted by Gasteiger charge is -2.46. The number of hydrogen-bond acceptors (Lipinski definition) is 16. The van der Waals surface area contributed by atoms with E-state index in [0.29, 0.717) is 12.0 Å². The first-order valence-corrected chi connectivity index (χ1v) is 18.7. The van der Waals surface area contributed by atoms with Gasteiger partial charge in [0, 0.05) is 30.5 Å². The van der Waals surface area contributed by atoms with Crippen molar-refractivity contribution in [3.8, 4) is 0 Å². The maximum atomic E-state index is 14.2. The molecular weight excluding hydrogens is 724 g/mol. The van der Waals surface area contributed by atoms with Crippen LogP contribution in [0.25, 0.3) is 0 Å². The highest BCUT2D eigenvalue weighted by molar-refractivity contribution is 5.77. The van der Waals surface area contributed by atoms with Crippen LogP contribution in [0.15, 0.2) is 24.3 Å². The molecule has 1 aromatic carbocycles. The molecule has 0 spiro atoms. The lowest BCUT2D eigenvalue weighted by molar-refractivity contribution is -0.384. The molecule has 4 rings (SSSR count). The number of esters is 3. The summed E-state index contributed by atoms with van der Waals surface area (Å²) in [5, 5.41) is 34.9. The number of aliphatic hydroxyl groups is 2. The molecule has 17 nitrogen and oxygen atoms in total. The predicted molar refractivity (Wildman–Crippen MR) is 192 cm³/mol. The Hall–Kier alpha value is -3.90. The number of nitro benzene ring substituents is 1. The molecule has 3 aliphatic rings. The van der Waals surface area contributed by atoms with Gasteiger partial charge in [-0.15, -0.1) is 0 Å². The summed E-state index contributed by atoms with van der Waals surface area (Å²) < 4.78 is 41.5. The van der Waals surface area contributed by atoms with Crippen molar-refractivity contribution in [3.63, 3.8) is 0 Å². The second-order valence-corrected chi connectivity index (χ2v) is 15.8. The summed E-state index contributed by atoms with van der Waals surface area (Å²) in [7, 11) is 3.61. The van der Waals surface area contributed by atoms with E-state index in [4.69, 9.17) is 33.2 Å². The van der Waals surface area contributed by atoms with Crippen molar-refractivity contribution in [1.29, 1.82) is 0 Å². The first kappa shape index (κ1) is 43.8. The molecule has 3 fully saturated rings. The molecule has 1 aromatic rings. The maximum absolute atomic E-state index is 14.2. The Labute approximate surface area is 321 Å². The number of benzene rings is 1. The monoisotopic (exact) mass is 780 g/mol. The van der Waals surface area contributed by atoms with Crippen molar-refractivity contribution in [2.75, 3.05) is 14.1 Å². The SMILES string of the molecule is CC[C@H]1OC(=O)[C@H](C)[C@@H](OC(=O)Cc2ccc([N+](=O)[O-])cc2)[C@H](C)[C@@H](O[C@@H]2O[C@H](C)C[C@H](N(C)C)[C@H]2O)[C@](C)(O)C[C@@H](C)OC(=O)[C@H](C)[C@H]2OC(=O)O[C@@]21C. The lowest BCUT2D eigenvalue weighted by atomic mass is 9.79. The van der Waals surface area contributed by atoms with Gasteiger partial charge in [-0.25, -0.2) is 4.79 Å². The largest absolute Gasteiger partial charge is 0.509 e. The number of cyclic esters (lactones) is 2. The molecule has 308 valence electrons. The number of nitro groups is 1. The van der Waals surface area contributed by atoms with E-state index in [-0.39, 0.29) is 37.1 Å². The molecule has 3 saturated heterocycles. The van der Waals surface area contributed by atoms with Gasteiger partial charge in [0.05, 0.1) is 41.0 Å². The average Bonchev–Trinajstić information content (AvgIpc) is 3.41. The number of likely N-dealkylation sites (N-methyl/N-ethyl adjacent to an activating group) is 1. The number of carbonyl (C=O) groups excluding carboxylic acids is 4. The molecule has 17 heteroatoms. The van der Waals surface area contributed by atoms with Crippen molar-refractivity contribution in [1.82, 2.24) is 4.90 Å². The summed E-state index contributed by atoms with van der Waals surface area (Å²) >= 11 is 0. The van der Waals surface area contributed by atoms with Crippen molar-refractivity contribution >= 4 is 29.8 Å². The fourth-order valence-corrected chi connectivity index (χ4v) is 8.05. The minimum absolute atomic E-state index is 0.128. The van der Waals surface area contributed by atoms with Crippen LogP contribution in [0.5, 0.6) is 0 Å². The number of ether oxygens (including phenoxy) is 7. The van der Waals surface area contributed by atoms with Crippen molar-refractivity contribution in [2.45, 2.75) is 147 Å². The van der Waals surface area contributed by atoms with Crippen LogP contribution in [0, 0.1) is 27.9 Å². The molecule has 55 heavy (non-hydrogen) atoms. The third-order valence-electron chi connectivity index (χ3n) is 11.0. The number of non-ortho nitro benzene ring substituents is 1. The van der Waals surface area contributed by atoms with Crippen molar-refractivity contribution in [2.24, 2.45) is 17.8 Å². The number of hydrogen-bond donors (Lipinski definition) is 2. The second-order valence-electron chi connectivity index (χ2n) is 15.8. The zero-order chi connectivity index (χ0) is 41.2. The van der Waals surface area contributed by atoms with E-state index >= 15 is 0 Å². The molecule has 0 aliphatic carbocycles. The summed E-state index contributed by atoms with van der Waals surface area (Å²) in [6.45, 7) is 12.6. The van der Waals surface area contributed by atoms with E-state index in [1.165, 1.54) is 52.0 Å². The zero-order valence-corrected chi connectivity index (χ0v) is 33.2. The highest BCUT2D eigenvalue weighted by atomic mass is 16.8. The lowest BCUT2D eigenvalue weighted by Crippen LogP contribution is -2.59. The molecule has 0 aromatic heterocycles. The first-order chi connectivity index (χ1) is 25.6. The Kier molecular flexibility index (Phi) is 13.9. The third-order valence-corrected chi connectivity index (χ3v) is 11.0. The summed E-state index contributed by atoms with van der Waals surface area (Å²) in [4.78, 5) is 66.4. The van der Waals surface area contributed by atoms with Gasteiger partial charge in [0.1, 0.15) is 24.4 Å². The molecule has 3 aliphatic heterocycles. The molecular formula is C38H56N2O15. The van der Waals surface area contributed by atoms with E-state index in [2.05, 4.69) is 0 Å². The van der Waals surface area contributed by atoms with Crippen LogP contribution in [0.3, 0.4) is 0 Å². The number of fused-ring (bicyclic) bond motifs is 1. The number of rotatable bonds is 8. The highest BCUT2D eigenvalue weighted by Crippen LogP contribution is 2.41. The minimum Gasteiger partial charge on any atom is -0.462 e. The topological polar surface area (TPSA) is 220 Å². The predicted octanol–water partition coefficient (Wildman–Crippen LogP) is 3.47. The smallest absolute Gasteiger partial charge is 0.462 e. The normalized spacial score (nSPS) is 39.0. The van der Waals surface area contributed by atoms with E-state index in [0.717, 1.165) is 0 Å². The van der Waals surface area contributed by atoms with E-state index < -0.39 is 101 Å². The quantitative estimate of drug-likeness (QED) is 0.167. The van der Waals surface area contributed by atoms with Gasteiger partial charge in [0.15, 0.2) is 18.0 Å². The van der Waals surface area contributed by atoms with Crippen LogP contribution in [0.4, 0.5) is 10.5 Å². The average molecular weight is 781 g/mol. The van der Waals surface area contributed by atoms with Gasteiger partial charge < -0.3 is 48.3 Å². The van der Waals surface area contributed by atoms with Gasteiger partial charge >= 0.3 is 24.1 Å². The molecule has 3 heterocycles. The van der Waals surface area contributed by atoms with E-state index in [9.17, 15) is 39.5 Å². The van der Waals surface area contributed by atoms with Gasteiger partial charge in [-0.1, -0.05) is 26.0 Å². The fraction of sp³-hybridized carbons (Fsp3) is 0.737. The summed E-state index contributed by atoms with van der Waals surface area (Å²) in [5.74, 6) is -5.79. The summed E-state index contributed by atoms with van der Waals surface area (Å²) in [6, 6.07) is 4.94. The van der Waals surface area contributed by atoms with Crippen LogP contribution in [0.2, 0.25) is 0 Å². The zero-order valence-electron chi connectivity index (χ0n) is 33.2. The number of carbonyl (C=O) groups is 4. The van der Waals surface area contributed by atoms with E-state index in [1.54, 1.807) is 34.9 Å². The fourth-order valence-electron chi connectivity index (χ4n) is 8.05. The summed E-state index contributed by atoms with van der Waals surface area (Å²) in [5.41, 5.74) is -3.29. The van der Waals surface area contributed by atoms with Crippen LogP contribution in [0.1, 0.15) is 80.2 Å². The number of nitrogens with zero attached hydrogens (tertiary/aromatic N) is 2. The summed E-state index contributed by atoms with van der Waals surface area (Å²) in [6.07, 6.45) is -9.82. The molecule has 0 radical (unpaired) electrons. The van der Waals surface area contributed by atoms with Gasteiger partial charge in [-0.05, 0) is 74.0 Å². The van der Waals surface area contributed by atoms with Gasteiger partial charge in [0.2, 0.25) is 0 Å². The van der Waals surface area contributed by atoms with Crippen LogP contribution in [-0.4, -0.2) is 124 Å². The molecule has 14 atom stereocenters. The first-order valence-electron chi connectivity index (χ1n) is 18.7. The van der Waals surface area contributed by atoms with Gasteiger partial charge in [-0.3, -0.25) is 24.5 Å². The highest BCUT2D eigenvalue weighted by Gasteiger charge is 2.59. The minimum atomic E-state index is -1.89. The molecule has 0 amide bonds.